The van der Waals surface area contributed by atoms with Gasteiger partial charge in [0.1, 0.15) is 47.4 Å². The Morgan fingerprint density at radius 2 is 0.724 bits per heavy atom. The average molecular weight is 1050 g/mol. The van der Waals surface area contributed by atoms with Crippen LogP contribution in [0.1, 0.15) is 175 Å². The van der Waals surface area contributed by atoms with Crippen LogP contribution in [0.4, 0.5) is 0 Å². The number of hydrogen-bond acceptors (Lipinski definition) is 12. The van der Waals surface area contributed by atoms with Gasteiger partial charge in [0.2, 0.25) is 0 Å². The Balaban J connectivity index is 1.07. The monoisotopic (exact) mass is 1050 g/mol. The average Bonchev–Trinajstić information content (AvgIpc) is 4.10. The van der Waals surface area contributed by atoms with Gasteiger partial charge in [-0.1, -0.05) is 101 Å². The molecule has 0 N–H and O–H groups in total. The van der Waals surface area contributed by atoms with Gasteiger partial charge in [0, 0.05) is 39.9 Å². The second kappa shape index (κ2) is 25.7. The SMILES string of the molecule is CCCOc1c2cccc1Cc1cc(CCCC[C@H]3O[C@@H](OC)[C@@H]4OC(C)(C)O[C@@H]43)cc(c1OCCC)Cc1cccc(c1OCCC)Cc1cc(CCCC[C@H]3O[C@@H](OC)[C@@H]4OC(C)(C)O[C@@H]43)cc(c1OCCC)C2. The first-order valence-electron chi connectivity index (χ1n) is 28.9. The van der Waals surface area contributed by atoms with Gasteiger partial charge in [-0.05, 0) is 148 Å². The summed E-state index contributed by atoms with van der Waals surface area (Å²) in [6.45, 7) is 19.1. The van der Waals surface area contributed by atoms with Gasteiger partial charge in [-0.2, -0.15) is 0 Å². The minimum absolute atomic E-state index is 0.0865. The summed E-state index contributed by atoms with van der Waals surface area (Å²) in [4.78, 5) is 0. The fourth-order valence-corrected chi connectivity index (χ4v) is 12.2. The molecule has 4 aromatic rings. The zero-order chi connectivity index (χ0) is 53.4. The largest absolute Gasteiger partial charge is 0.493 e. The molecule has 12 heteroatoms. The molecule has 9 rings (SSSR count). The molecule has 5 aliphatic rings. The van der Waals surface area contributed by atoms with Crippen LogP contribution in [-0.2, 0) is 76.4 Å². The van der Waals surface area contributed by atoms with Crippen molar-refractivity contribution in [3.63, 3.8) is 0 Å². The van der Waals surface area contributed by atoms with Crippen molar-refractivity contribution in [2.45, 2.75) is 219 Å². The fraction of sp³-hybridized carbons (Fsp3) is 0.625. The quantitative estimate of drug-likeness (QED) is 0.0549. The molecule has 8 bridgehead atoms. The predicted octanol–water partition coefficient (Wildman–Crippen LogP) is 12.7. The zero-order valence-corrected chi connectivity index (χ0v) is 47.4. The predicted molar refractivity (Wildman–Crippen MR) is 294 cm³/mol. The van der Waals surface area contributed by atoms with Gasteiger partial charge in [0.15, 0.2) is 24.2 Å². The second-order valence-electron chi connectivity index (χ2n) is 22.6. The topological polar surface area (TPSA) is 111 Å². The third-order valence-corrected chi connectivity index (χ3v) is 15.4. The summed E-state index contributed by atoms with van der Waals surface area (Å²) in [7, 11) is 3.36. The van der Waals surface area contributed by atoms with Crippen molar-refractivity contribution in [2.24, 2.45) is 0 Å². The van der Waals surface area contributed by atoms with E-state index < -0.39 is 24.2 Å². The number of aryl methyl sites for hydroxylation is 2. The summed E-state index contributed by atoms with van der Waals surface area (Å²) >= 11 is 0. The molecule has 4 saturated heterocycles. The number of methoxy groups -OCH3 is 2. The maximum Gasteiger partial charge on any atom is 0.186 e. The van der Waals surface area contributed by atoms with E-state index in [4.69, 9.17) is 56.8 Å². The minimum Gasteiger partial charge on any atom is -0.493 e. The molecule has 8 atom stereocenters. The van der Waals surface area contributed by atoms with Crippen LogP contribution in [0.5, 0.6) is 23.0 Å². The van der Waals surface area contributed by atoms with Gasteiger partial charge in [-0.3, -0.25) is 0 Å². The first-order valence-corrected chi connectivity index (χ1v) is 28.9. The maximum absolute atomic E-state index is 6.90. The summed E-state index contributed by atoms with van der Waals surface area (Å²) in [5, 5.41) is 0. The van der Waals surface area contributed by atoms with E-state index in [9.17, 15) is 0 Å². The highest BCUT2D eigenvalue weighted by Crippen LogP contribution is 2.44. The minimum atomic E-state index is -0.659. The third-order valence-electron chi connectivity index (χ3n) is 15.4. The molecule has 416 valence electrons. The molecule has 0 unspecified atom stereocenters. The first kappa shape index (κ1) is 56.5. The van der Waals surface area contributed by atoms with E-state index in [1.165, 1.54) is 33.4 Å². The van der Waals surface area contributed by atoms with Gasteiger partial charge < -0.3 is 56.8 Å². The highest BCUT2D eigenvalue weighted by molar-refractivity contribution is 5.57. The third kappa shape index (κ3) is 13.3. The van der Waals surface area contributed by atoms with Gasteiger partial charge in [0.25, 0.3) is 0 Å². The lowest BCUT2D eigenvalue weighted by Gasteiger charge is -2.24. The van der Waals surface area contributed by atoms with Crippen LogP contribution >= 0.6 is 0 Å². The van der Waals surface area contributed by atoms with Crippen LogP contribution in [0.25, 0.3) is 0 Å². The molecule has 0 radical (unpaired) electrons. The zero-order valence-electron chi connectivity index (χ0n) is 47.4. The number of benzene rings is 4. The van der Waals surface area contributed by atoms with Gasteiger partial charge in [-0.25, -0.2) is 0 Å². The Kier molecular flexibility index (Phi) is 19.1. The summed E-state index contributed by atoms with van der Waals surface area (Å²) < 4.78 is 76.8. The molecule has 4 fully saturated rings. The standard InChI is InChI=1S/C64H88O12/c1-11-29-67-53-43-23-19-24-44(53)38-48-34-42(22-16-18-28-52-58-60(62(66-10)72-52)76-64(7,8)74-58)36-50(56(48)70-32-14-4)40-46-26-20-25-45(54(46)68-30-12-2)39-49-35-41(33-47(37-43)55(49)69-31-13-3)21-15-17-27-51-57-59(61(65-9)71-51)75-63(5,6)73-57/h19-20,23-26,33-36,51-52,57-62H,11-18,21-22,27-32,37-40H2,1-10H3/t51-,52-,57-,58-,59-,60-,61-,62-/m1/s1. The number of unbranched alkanes of at least 4 members (excludes halogenated alkanes) is 2. The summed E-state index contributed by atoms with van der Waals surface area (Å²) in [6, 6.07) is 23.0. The van der Waals surface area contributed by atoms with Gasteiger partial charge in [0.05, 0.1) is 38.6 Å². The van der Waals surface area contributed by atoms with Gasteiger partial charge >= 0.3 is 0 Å². The van der Waals surface area contributed by atoms with Crippen molar-refractivity contribution < 1.29 is 56.8 Å². The van der Waals surface area contributed by atoms with Crippen LogP contribution in [0, 0.1) is 0 Å². The lowest BCUT2D eigenvalue weighted by molar-refractivity contribution is -0.227. The highest BCUT2D eigenvalue weighted by atomic mass is 16.8. The molecule has 76 heavy (non-hydrogen) atoms. The van der Waals surface area contributed by atoms with E-state index in [2.05, 4.69) is 88.4 Å². The maximum atomic E-state index is 6.90. The lowest BCUT2D eigenvalue weighted by Crippen LogP contribution is -2.30. The van der Waals surface area contributed by atoms with E-state index in [0.717, 1.165) is 122 Å². The second-order valence-corrected chi connectivity index (χ2v) is 22.6. The number of rotatable bonds is 24. The Labute approximate surface area is 454 Å². The van der Waals surface area contributed by atoms with Crippen LogP contribution < -0.4 is 18.9 Å². The molecule has 0 saturated carbocycles. The van der Waals surface area contributed by atoms with E-state index in [0.29, 0.717) is 52.1 Å². The summed E-state index contributed by atoms with van der Waals surface area (Å²) in [6.07, 6.45) is 11.9. The van der Waals surface area contributed by atoms with E-state index in [1.807, 2.05) is 27.7 Å². The molecule has 0 aromatic heterocycles. The van der Waals surface area contributed by atoms with Crippen molar-refractivity contribution in [3.8, 4) is 23.0 Å². The molecule has 1 aliphatic carbocycles. The molecule has 12 nitrogen and oxygen atoms in total. The highest BCUT2D eigenvalue weighted by Gasteiger charge is 2.56. The van der Waals surface area contributed by atoms with E-state index >= 15 is 0 Å². The molecule has 0 spiro atoms. The normalized spacial score (nSPS) is 25.1. The number of hydrogen-bond donors (Lipinski definition) is 0. The first-order chi connectivity index (χ1) is 36.8. The molecule has 4 heterocycles. The van der Waals surface area contributed by atoms with E-state index in [-0.39, 0.29) is 36.6 Å². The van der Waals surface area contributed by atoms with Crippen molar-refractivity contribution in [1.82, 2.24) is 0 Å². The number of ether oxygens (including phenoxy) is 12. The van der Waals surface area contributed by atoms with Crippen LogP contribution in [0.15, 0.2) is 60.7 Å². The Hall–Kier alpha value is -4.24. The lowest BCUT2D eigenvalue weighted by atomic mass is 9.88. The van der Waals surface area contributed by atoms with Crippen molar-refractivity contribution in [1.29, 1.82) is 0 Å². The van der Waals surface area contributed by atoms with Gasteiger partial charge in [-0.15, -0.1) is 0 Å². The van der Waals surface area contributed by atoms with Crippen LogP contribution in [0.3, 0.4) is 0 Å². The van der Waals surface area contributed by atoms with Crippen LogP contribution in [-0.4, -0.2) is 101 Å². The summed E-state index contributed by atoms with van der Waals surface area (Å²) in [5.41, 5.74) is 11.9. The fourth-order valence-electron chi connectivity index (χ4n) is 12.2. The molecular formula is C64H88O12. The Morgan fingerprint density at radius 3 is 1.03 bits per heavy atom. The van der Waals surface area contributed by atoms with E-state index in [1.54, 1.807) is 14.2 Å². The Bertz CT molecular complexity index is 2270. The van der Waals surface area contributed by atoms with Crippen molar-refractivity contribution >= 4 is 0 Å². The van der Waals surface area contributed by atoms with Crippen molar-refractivity contribution in [3.05, 3.63) is 116 Å². The molecule has 4 aliphatic heterocycles. The van der Waals surface area contributed by atoms with Crippen LogP contribution in [0.2, 0.25) is 0 Å². The molecular weight excluding hydrogens is 961 g/mol. The number of para-hydroxylation sites is 2. The summed E-state index contributed by atoms with van der Waals surface area (Å²) in [5.74, 6) is 2.51. The Morgan fingerprint density at radius 1 is 0.421 bits per heavy atom. The van der Waals surface area contributed by atoms with Crippen molar-refractivity contribution in [2.75, 3.05) is 40.6 Å². The smallest absolute Gasteiger partial charge is 0.186 e. The molecule has 4 aromatic carbocycles. The number of fused-ring (bicyclic) bond motifs is 10. The molecule has 0 amide bonds.